The van der Waals surface area contributed by atoms with Crippen molar-refractivity contribution in [1.29, 1.82) is 0 Å². The molecule has 218 valence electrons. The number of benzene rings is 1. The standard InChI is InChI=1S/C28H33N5O6S2/c1-33-14-12-19(13-15-33)38-24-11-10-23-27(30-24)40-28(29-23)31-26(35)25(32-39-20-5-4-18(34)16-20)17-2-6-21(7-3-17)41(36,37)22-8-9-22/h2-3,6-7,10-11,18-20,22,34H,4-5,8-9,12-16H2,1H3,(H,29,31,35)/t18-,20-/m1/s1. The fourth-order valence-electron chi connectivity index (χ4n) is 5.09. The van der Waals surface area contributed by atoms with Crippen molar-refractivity contribution in [2.75, 3.05) is 25.5 Å². The maximum absolute atomic E-state index is 13.4. The third-order valence-corrected chi connectivity index (χ3v) is 10.8. The number of carbonyl (C=O) groups is 1. The average Bonchev–Trinajstić information content (AvgIpc) is 3.63. The minimum Gasteiger partial charge on any atom is -0.474 e. The smallest absolute Gasteiger partial charge is 0.280 e. The van der Waals surface area contributed by atoms with Crippen molar-refractivity contribution < 1.29 is 27.9 Å². The number of piperidine rings is 1. The van der Waals surface area contributed by atoms with Crippen LogP contribution >= 0.6 is 11.3 Å². The van der Waals surface area contributed by atoms with Gasteiger partial charge in [0.1, 0.15) is 22.6 Å². The molecule has 11 nitrogen and oxygen atoms in total. The fourth-order valence-corrected chi connectivity index (χ4v) is 7.57. The van der Waals surface area contributed by atoms with Gasteiger partial charge in [-0.2, -0.15) is 0 Å². The van der Waals surface area contributed by atoms with E-state index in [-0.39, 0.29) is 28.1 Å². The van der Waals surface area contributed by atoms with Gasteiger partial charge >= 0.3 is 0 Å². The largest absolute Gasteiger partial charge is 0.474 e. The summed E-state index contributed by atoms with van der Waals surface area (Å²) in [6, 6.07) is 9.73. The lowest BCUT2D eigenvalue weighted by atomic mass is 10.1. The molecule has 0 unspecified atom stereocenters. The van der Waals surface area contributed by atoms with Gasteiger partial charge in [0.15, 0.2) is 20.7 Å². The molecule has 3 aliphatic rings. The molecule has 0 radical (unpaired) electrons. The topological polar surface area (TPSA) is 143 Å². The number of sulfone groups is 1. The van der Waals surface area contributed by atoms with Gasteiger partial charge in [0.2, 0.25) is 5.88 Å². The minimum atomic E-state index is -3.37. The minimum absolute atomic E-state index is 0.0136. The summed E-state index contributed by atoms with van der Waals surface area (Å²) in [7, 11) is -1.27. The highest BCUT2D eigenvalue weighted by molar-refractivity contribution is 7.92. The number of hydrogen-bond donors (Lipinski definition) is 2. The summed E-state index contributed by atoms with van der Waals surface area (Å²) in [6.07, 6.45) is 4.25. The van der Waals surface area contributed by atoms with Gasteiger partial charge in [-0.25, -0.2) is 18.4 Å². The molecule has 2 N–H and O–H groups in total. The van der Waals surface area contributed by atoms with E-state index in [1.165, 1.54) is 23.5 Å². The summed E-state index contributed by atoms with van der Waals surface area (Å²) in [5.41, 5.74) is 1.02. The predicted molar refractivity (Wildman–Crippen MR) is 155 cm³/mol. The molecule has 1 amide bonds. The summed E-state index contributed by atoms with van der Waals surface area (Å²) in [5.74, 6) is -0.0209. The molecule has 3 fully saturated rings. The molecule has 2 saturated carbocycles. The number of fused-ring (bicyclic) bond motifs is 1. The van der Waals surface area contributed by atoms with Gasteiger partial charge in [0.05, 0.1) is 16.2 Å². The highest BCUT2D eigenvalue weighted by Crippen LogP contribution is 2.34. The first kappa shape index (κ1) is 28.0. The first-order valence-corrected chi connectivity index (χ1v) is 16.3. The van der Waals surface area contributed by atoms with Crippen LogP contribution in [0.3, 0.4) is 0 Å². The maximum atomic E-state index is 13.4. The van der Waals surface area contributed by atoms with Crippen LogP contribution in [0.25, 0.3) is 10.3 Å². The number of ether oxygens (including phenoxy) is 1. The Balaban J connectivity index is 1.20. The molecule has 2 aromatic heterocycles. The third kappa shape index (κ3) is 6.53. The average molecular weight is 600 g/mol. The molecule has 1 saturated heterocycles. The molecule has 0 bridgehead atoms. The Morgan fingerprint density at radius 3 is 2.46 bits per heavy atom. The Hall–Kier alpha value is -3.13. The van der Waals surface area contributed by atoms with Gasteiger partial charge in [-0.05, 0) is 63.8 Å². The van der Waals surface area contributed by atoms with Crippen LogP contribution in [0.2, 0.25) is 0 Å². The Bertz CT molecular complexity index is 1550. The fraction of sp³-hybridized carbons (Fsp3) is 0.500. The summed E-state index contributed by atoms with van der Waals surface area (Å²) >= 11 is 1.22. The van der Waals surface area contributed by atoms with Crippen molar-refractivity contribution in [3.63, 3.8) is 0 Å². The lowest BCUT2D eigenvalue weighted by Crippen LogP contribution is -2.35. The van der Waals surface area contributed by atoms with E-state index in [4.69, 9.17) is 9.57 Å². The summed E-state index contributed by atoms with van der Waals surface area (Å²) in [4.78, 5) is 31.3. The molecule has 3 aromatic rings. The number of anilines is 1. The van der Waals surface area contributed by atoms with Crippen LogP contribution in [0.1, 0.15) is 50.5 Å². The van der Waals surface area contributed by atoms with E-state index < -0.39 is 21.8 Å². The van der Waals surface area contributed by atoms with Crippen molar-refractivity contribution in [3.8, 4) is 5.88 Å². The van der Waals surface area contributed by atoms with Crippen LogP contribution in [-0.2, 0) is 19.5 Å². The zero-order valence-corrected chi connectivity index (χ0v) is 24.4. The van der Waals surface area contributed by atoms with Crippen LogP contribution in [-0.4, -0.2) is 83.7 Å². The van der Waals surface area contributed by atoms with Gasteiger partial charge < -0.3 is 19.6 Å². The van der Waals surface area contributed by atoms with Crippen molar-refractivity contribution in [1.82, 2.24) is 14.9 Å². The van der Waals surface area contributed by atoms with E-state index in [9.17, 15) is 18.3 Å². The van der Waals surface area contributed by atoms with Crippen molar-refractivity contribution in [2.45, 2.75) is 73.4 Å². The van der Waals surface area contributed by atoms with Crippen LogP contribution in [0.15, 0.2) is 46.4 Å². The second kappa shape index (κ2) is 11.6. The number of aromatic nitrogens is 2. The van der Waals surface area contributed by atoms with E-state index in [1.54, 1.807) is 18.2 Å². The Morgan fingerprint density at radius 2 is 1.78 bits per heavy atom. The first-order chi connectivity index (χ1) is 19.7. The van der Waals surface area contributed by atoms with Gasteiger partial charge in [-0.1, -0.05) is 28.6 Å². The lowest BCUT2D eigenvalue weighted by molar-refractivity contribution is -0.110. The summed E-state index contributed by atoms with van der Waals surface area (Å²) in [6.45, 7) is 1.97. The zero-order valence-electron chi connectivity index (χ0n) is 22.7. The Morgan fingerprint density at radius 1 is 1.02 bits per heavy atom. The number of hydrogen-bond acceptors (Lipinski definition) is 11. The van der Waals surface area contributed by atoms with Crippen molar-refractivity contribution in [3.05, 3.63) is 42.0 Å². The van der Waals surface area contributed by atoms with E-state index in [1.807, 2.05) is 6.07 Å². The summed E-state index contributed by atoms with van der Waals surface area (Å²) < 4.78 is 31.4. The van der Waals surface area contributed by atoms with Gasteiger partial charge in [-0.3, -0.25) is 10.1 Å². The molecule has 41 heavy (non-hydrogen) atoms. The van der Waals surface area contributed by atoms with E-state index in [2.05, 4.69) is 32.4 Å². The molecule has 1 aromatic carbocycles. The number of nitrogens with zero attached hydrogens (tertiary/aromatic N) is 4. The van der Waals surface area contributed by atoms with Crippen molar-refractivity contribution in [2.24, 2.45) is 5.16 Å². The van der Waals surface area contributed by atoms with Gasteiger partial charge in [0, 0.05) is 31.1 Å². The Kier molecular flexibility index (Phi) is 7.94. The number of oxime groups is 1. The summed E-state index contributed by atoms with van der Waals surface area (Å²) in [5, 5.41) is 16.8. The molecule has 1 aliphatic heterocycles. The lowest BCUT2D eigenvalue weighted by Gasteiger charge is -2.28. The van der Waals surface area contributed by atoms with Crippen LogP contribution in [0.4, 0.5) is 5.13 Å². The molecule has 6 rings (SSSR count). The van der Waals surface area contributed by atoms with Crippen LogP contribution < -0.4 is 10.1 Å². The number of pyridine rings is 1. The van der Waals surface area contributed by atoms with Gasteiger partial charge in [-0.15, -0.1) is 0 Å². The number of nitrogens with one attached hydrogen (secondary N) is 1. The number of aliphatic hydroxyl groups excluding tert-OH is 1. The number of amides is 1. The third-order valence-electron chi connectivity index (χ3n) is 7.69. The number of carbonyl (C=O) groups excluding carboxylic acids is 1. The van der Waals surface area contributed by atoms with Crippen molar-refractivity contribution >= 4 is 48.3 Å². The molecule has 0 spiro atoms. The Labute approximate surface area is 242 Å². The van der Waals surface area contributed by atoms with Crippen LogP contribution in [0.5, 0.6) is 5.88 Å². The number of likely N-dealkylation sites (tertiary alicyclic amines) is 1. The maximum Gasteiger partial charge on any atom is 0.280 e. The van der Waals surface area contributed by atoms with E-state index in [0.29, 0.717) is 59.0 Å². The normalized spacial score (nSPS) is 22.6. The highest BCUT2D eigenvalue weighted by atomic mass is 32.2. The molecular formula is C28H33N5O6S2. The second-order valence-corrected chi connectivity index (χ2v) is 14.2. The number of rotatable bonds is 9. The molecule has 2 aliphatic carbocycles. The first-order valence-electron chi connectivity index (χ1n) is 13.9. The number of thiazole rings is 1. The SMILES string of the molecule is CN1CCC(Oc2ccc3nc(NC(=O)C(=NO[C@@H]4CC[C@@H](O)C4)c4ccc(S(=O)(=O)C5CC5)cc4)sc3n2)CC1. The van der Waals surface area contributed by atoms with Gasteiger partial charge in [0.25, 0.3) is 5.91 Å². The van der Waals surface area contributed by atoms with E-state index >= 15 is 0 Å². The quantitative estimate of drug-likeness (QED) is 0.279. The van der Waals surface area contributed by atoms with Crippen LogP contribution in [0, 0.1) is 0 Å². The monoisotopic (exact) mass is 599 g/mol. The number of aliphatic hydroxyl groups is 1. The van der Waals surface area contributed by atoms with E-state index in [0.717, 1.165) is 25.9 Å². The molecule has 13 heteroatoms. The zero-order chi connectivity index (χ0) is 28.6. The second-order valence-electron chi connectivity index (χ2n) is 11.0. The predicted octanol–water partition coefficient (Wildman–Crippen LogP) is 3.37. The molecular weight excluding hydrogens is 566 g/mol. The highest BCUT2D eigenvalue weighted by Gasteiger charge is 2.37. The molecule has 3 heterocycles. The molecule has 2 atom stereocenters.